The lowest BCUT2D eigenvalue weighted by Crippen LogP contribution is -2.55. The molecule has 8 heteroatoms. The number of benzene rings is 4. The fourth-order valence-corrected chi connectivity index (χ4v) is 5.05. The van der Waals surface area contributed by atoms with Gasteiger partial charge in [0, 0.05) is 18.2 Å². The fraction of sp³-hybridized carbons (Fsp3) is 0.306. The van der Waals surface area contributed by atoms with E-state index in [9.17, 15) is 19.5 Å². The van der Waals surface area contributed by atoms with Gasteiger partial charge < -0.3 is 25.4 Å². The van der Waals surface area contributed by atoms with Crippen LogP contribution in [0.3, 0.4) is 0 Å². The van der Waals surface area contributed by atoms with Crippen LogP contribution in [0.25, 0.3) is 10.8 Å². The summed E-state index contributed by atoms with van der Waals surface area (Å²) in [4.78, 5) is 43.3. The zero-order chi connectivity index (χ0) is 31.9. The van der Waals surface area contributed by atoms with Gasteiger partial charge in [0.2, 0.25) is 5.91 Å². The van der Waals surface area contributed by atoms with Gasteiger partial charge in [-0.3, -0.25) is 9.59 Å². The predicted octanol–water partition coefficient (Wildman–Crippen LogP) is 6.99. The summed E-state index contributed by atoms with van der Waals surface area (Å²) in [7, 11) is 0. The van der Waals surface area contributed by atoms with E-state index in [-0.39, 0.29) is 18.2 Å². The van der Waals surface area contributed by atoms with Gasteiger partial charge in [0.15, 0.2) is 0 Å². The van der Waals surface area contributed by atoms with Gasteiger partial charge in [0.1, 0.15) is 23.4 Å². The first kappa shape index (κ1) is 32.1. The third-order valence-electron chi connectivity index (χ3n) is 7.34. The molecular weight excluding hydrogens is 554 g/mol. The molecule has 44 heavy (non-hydrogen) atoms. The molecule has 0 aliphatic heterocycles. The molecule has 0 aliphatic carbocycles. The Morgan fingerprint density at radius 2 is 1.50 bits per heavy atom. The molecule has 0 spiro atoms. The molecule has 0 fully saturated rings. The van der Waals surface area contributed by atoms with E-state index in [1.54, 1.807) is 32.9 Å². The van der Waals surface area contributed by atoms with E-state index in [1.807, 2.05) is 86.6 Å². The zero-order valence-electron chi connectivity index (χ0n) is 25.9. The van der Waals surface area contributed by atoms with Crippen molar-refractivity contribution in [1.82, 2.24) is 10.2 Å². The van der Waals surface area contributed by atoms with Crippen LogP contribution >= 0.6 is 0 Å². The highest BCUT2D eigenvalue weighted by molar-refractivity contribution is 6.00. The number of alkyl carbamates (subject to hydrolysis) is 1. The van der Waals surface area contributed by atoms with Crippen molar-refractivity contribution in [2.24, 2.45) is 0 Å². The molecular formula is C36H41N3O5. The maximum atomic E-state index is 14.6. The Morgan fingerprint density at radius 3 is 2.14 bits per heavy atom. The number of rotatable bonds is 10. The number of fused-ring (bicyclic) bond motifs is 1. The lowest BCUT2D eigenvalue weighted by Gasteiger charge is -2.38. The molecule has 4 aromatic rings. The highest BCUT2D eigenvalue weighted by Crippen LogP contribution is 2.30. The number of aromatic hydroxyl groups is 1. The van der Waals surface area contributed by atoms with Crippen molar-refractivity contribution in [2.75, 3.05) is 5.32 Å². The normalized spacial score (nSPS) is 13.4. The second-order valence-corrected chi connectivity index (χ2v) is 11.9. The Morgan fingerprint density at radius 1 is 0.864 bits per heavy atom. The average Bonchev–Trinajstić information content (AvgIpc) is 2.99. The number of phenolic OH excluding ortho intramolecular Hbond substituents is 1. The van der Waals surface area contributed by atoms with E-state index >= 15 is 0 Å². The quantitative estimate of drug-likeness (QED) is 0.183. The average molecular weight is 596 g/mol. The number of nitrogens with zero attached hydrogens (tertiary/aromatic N) is 1. The lowest BCUT2D eigenvalue weighted by molar-refractivity contribution is -0.143. The molecule has 4 rings (SSSR count). The summed E-state index contributed by atoms with van der Waals surface area (Å²) in [5.74, 6) is -0.812. The van der Waals surface area contributed by atoms with Crippen LogP contribution in [0.5, 0.6) is 5.75 Å². The smallest absolute Gasteiger partial charge is 0.408 e. The van der Waals surface area contributed by atoms with Crippen LogP contribution in [0.15, 0.2) is 97.1 Å². The number of hydrogen-bond acceptors (Lipinski definition) is 5. The van der Waals surface area contributed by atoms with E-state index in [1.165, 1.54) is 17.0 Å². The minimum Gasteiger partial charge on any atom is -0.508 e. The summed E-state index contributed by atoms with van der Waals surface area (Å²) < 4.78 is 5.51. The summed E-state index contributed by atoms with van der Waals surface area (Å²) >= 11 is 0. The highest BCUT2D eigenvalue weighted by Gasteiger charge is 2.38. The van der Waals surface area contributed by atoms with Crippen molar-refractivity contribution < 1.29 is 24.2 Å². The van der Waals surface area contributed by atoms with Crippen LogP contribution in [0.1, 0.15) is 58.2 Å². The van der Waals surface area contributed by atoms with E-state index < -0.39 is 35.6 Å². The Bertz CT molecular complexity index is 1580. The van der Waals surface area contributed by atoms with Crippen molar-refractivity contribution in [3.8, 4) is 5.75 Å². The molecule has 3 N–H and O–H groups in total. The molecule has 3 amide bonds. The standard InChI is InChI=1S/C36H41N3O5/c1-6-24(2)39(34(42)31(22-25-12-8-7-9-13-25)38-35(43)44-36(3,4)5)32(27-17-20-30(40)21-18-27)33(41)37-29-19-16-26-14-10-11-15-28(26)23-29/h7-21,23-24,31-32,40H,6,22H2,1-5H3,(H,37,41)(H,38,43). The molecule has 0 saturated carbocycles. The topological polar surface area (TPSA) is 108 Å². The van der Waals surface area contributed by atoms with Crippen molar-refractivity contribution in [2.45, 2.75) is 71.2 Å². The van der Waals surface area contributed by atoms with Gasteiger partial charge in [-0.1, -0.05) is 79.7 Å². The van der Waals surface area contributed by atoms with Gasteiger partial charge in [-0.15, -0.1) is 0 Å². The molecule has 0 aliphatic rings. The fourth-order valence-electron chi connectivity index (χ4n) is 5.05. The van der Waals surface area contributed by atoms with Crippen LogP contribution in [-0.2, 0) is 20.7 Å². The molecule has 0 saturated heterocycles. The summed E-state index contributed by atoms with van der Waals surface area (Å²) in [5.41, 5.74) is 1.18. The zero-order valence-corrected chi connectivity index (χ0v) is 25.9. The van der Waals surface area contributed by atoms with Crippen molar-refractivity contribution >= 4 is 34.4 Å². The van der Waals surface area contributed by atoms with Crippen molar-refractivity contribution in [1.29, 1.82) is 0 Å². The molecule has 8 nitrogen and oxygen atoms in total. The Balaban J connectivity index is 1.75. The minimum atomic E-state index is -1.07. The van der Waals surface area contributed by atoms with Crippen LogP contribution in [0, 0.1) is 0 Å². The van der Waals surface area contributed by atoms with Gasteiger partial charge in [-0.05, 0) is 80.3 Å². The third kappa shape index (κ3) is 8.37. The second kappa shape index (κ2) is 14.1. The van der Waals surface area contributed by atoms with Crippen molar-refractivity contribution in [3.63, 3.8) is 0 Å². The molecule has 3 atom stereocenters. The molecule has 4 aromatic carbocycles. The van der Waals surface area contributed by atoms with E-state index in [4.69, 9.17) is 4.74 Å². The second-order valence-electron chi connectivity index (χ2n) is 11.9. The van der Waals surface area contributed by atoms with Gasteiger partial charge in [-0.25, -0.2) is 4.79 Å². The largest absolute Gasteiger partial charge is 0.508 e. The molecule has 0 bridgehead atoms. The lowest BCUT2D eigenvalue weighted by atomic mass is 9.97. The maximum Gasteiger partial charge on any atom is 0.408 e. The number of anilines is 1. The Hall–Kier alpha value is -4.85. The number of amides is 3. The Labute approximate surface area is 259 Å². The third-order valence-corrected chi connectivity index (χ3v) is 7.34. The van der Waals surface area contributed by atoms with Crippen molar-refractivity contribution in [3.05, 3.63) is 108 Å². The van der Waals surface area contributed by atoms with E-state index in [0.29, 0.717) is 17.7 Å². The Kier molecular flexibility index (Phi) is 10.3. The first-order valence-corrected chi connectivity index (χ1v) is 14.9. The summed E-state index contributed by atoms with van der Waals surface area (Å²) in [6, 6.07) is 26.7. The van der Waals surface area contributed by atoms with Crippen LogP contribution in [-0.4, -0.2) is 45.6 Å². The van der Waals surface area contributed by atoms with E-state index in [2.05, 4.69) is 10.6 Å². The van der Waals surface area contributed by atoms with Crippen LogP contribution in [0.4, 0.5) is 10.5 Å². The number of nitrogens with one attached hydrogen (secondary N) is 2. The first-order chi connectivity index (χ1) is 20.9. The van der Waals surface area contributed by atoms with Gasteiger partial charge in [-0.2, -0.15) is 0 Å². The van der Waals surface area contributed by atoms with Crippen LogP contribution < -0.4 is 10.6 Å². The van der Waals surface area contributed by atoms with Gasteiger partial charge >= 0.3 is 6.09 Å². The molecule has 3 unspecified atom stereocenters. The minimum absolute atomic E-state index is 0.0393. The van der Waals surface area contributed by atoms with Gasteiger partial charge in [0.25, 0.3) is 5.91 Å². The number of carbonyl (C=O) groups is 3. The maximum absolute atomic E-state index is 14.6. The molecule has 0 radical (unpaired) electrons. The summed E-state index contributed by atoms with van der Waals surface area (Å²) in [5, 5.41) is 17.8. The number of hydrogen-bond donors (Lipinski definition) is 3. The number of carbonyl (C=O) groups excluding carboxylic acids is 3. The molecule has 0 heterocycles. The predicted molar refractivity (Wildman–Crippen MR) is 173 cm³/mol. The molecule has 0 aromatic heterocycles. The highest BCUT2D eigenvalue weighted by atomic mass is 16.6. The monoisotopic (exact) mass is 595 g/mol. The number of phenols is 1. The van der Waals surface area contributed by atoms with E-state index in [0.717, 1.165) is 16.3 Å². The summed E-state index contributed by atoms with van der Waals surface area (Å²) in [6.07, 6.45) is 0.0202. The first-order valence-electron chi connectivity index (χ1n) is 14.9. The SMILES string of the molecule is CCC(C)N(C(=O)C(Cc1ccccc1)NC(=O)OC(C)(C)C)C(C(=O)Nc1ccc2ccccc2c1)c1ccc(O)cc1. The van der Waals surface area contributed by atoms with Crippen LogP contribution in [0.2, 0.25) is 0 Å². The molecule has 230 valence electrons. The summed E-state index contributed by atoms with van der Waals surface area (Å²) in [6.45, 7) is 9.08. The number of ether oxygens (including phenoxy) is 1. The van der Waals surface area contributed by atoms with Gasteiger partial charge in [0.05, 0.1) is 0 Å².